The molecule has 0 saturated heterocycles. The van der Waals surface area contributed by atoms with Crippen LogP contribution in [0.3, 0.4) is 0 Å². The zero-order chi connectivity index (χ0) is 19.2. The van der Waals surface area contributed by atoms with Crippen molar-refractivity contribution in [2.45, 2.75) is 45.1 Å². The highest BCUT2D eigenvalue weighted by atomic mass is 32.2. The summed E-state index contributed by atoms with van der Waals surface area (Å²) >= 11 is 0. The molecule has 0 heterocycles. The standard InChI is InChI=1S/C16H28N4O4S/c1-5-19(6-2)13(9-12(3)4)11-18-15-8-7-14(25(17,23)24)10-16(15)20(21)22/h7-8,10,12-13,18H,5-6,9,11H2,1-4H3,(H2,17,23,24). The van der Waals surface area contributed by atoms with Crippen molar-refractivity contribution in [1.29, 1.82) is 0 Å². The predicted octanol–water partition coefficient (Wildman–Crippen LogP) is 2.41. The molecule has 0 spiro atoms. The third kappa shape index (κ3) is 6.26. The number of nitro groups is 1. The summed E-state index contributed by atoms with van der Waals surface area (Å²) in [6.45, 7) is 10.8. The average Bonchev–Trinajstić information content (AvgIpc) is 2.51. The molecule has 0 bridgehead atoms. The van der Waals surface area contributed by atoms with Crippen LogP contribution in [0, 0.1) is 16.0 Å². The van der Waals surface area contributed by atoms with Crippen molar-refractivity contribution in [1.82, 2.24) is 4.90 Å². The van der Waals surface area contributed by atoms with Gasteiger partial charge in [-0.1, -0.05) is 27.7 Å². The minimum Gasteiger partial charge on any atom is -0.378 e. The maximum Gasteiger partial charge on any atom is 0.293 e. The van der Waals surface area contributed by atoms with Crippen LogP contribution in [-0.2, 0) is 10.0 Å². The molecule has 9 heteroatoms. The lowest BCUT2D eigenvalue weighted by molar-refractivity contribution is -0.384. The fourth-order valence-electron chi connectivity index (χ4n) is 2.86. The van der Waals surface area contributed by atoms with Gasteiger partial charge in [0.2, 0.25) is 10.0 Å². The average molecular weight is 372 g/mol. The van der Waals surface area contributed by atoms with Gasteiger partial charge in [0.25, 0.3) is 5.69 Å². The minimum absolute atomic E-state index is 0.229. The van der Waals surface area contributed by atoms with Crippen LogP contribution in [0.15, 0.2) is 23.1 Å². The molecule has 3 N–H and O–H groups in total. The first kappa shape index (κ1) is 21.3. The normalized spacial score (nSPS) is 13.2. The Morgan fingerprint density at radius 3 is 2.32 bits per heavy atom. The Balaban J connectivity index is 3.05. The van der Waals surface area contributed by atoms with E-state index in [1.54, 1.807) is 0 Å². The number of nitro benzene ring substituents is 1. The van der Waals surface area contributed by atoms with Crippen LogP contribution < -0.4 is 10.5 Å². The minimum atomic E-state index is -3.98. The second-order valence-corrected chi connectivity index (χ2v) is 7.93. The van der Waals surface area contributed by atoms with E-state index in [2.05, 4.69) is 37.9 Å². The lowest BCUT2D eigenvalue weighted by Crippen LogP contribution is -2.40. The highest BCUT2D eigenvalue weighted by Crippen LogP contribution is 2.27. The van der Waals surface area contributed by atoms with E-state index in [0.717, 1.165) is 25.6 Å². The number of primary sulfonamides is 1. The van der Waals surface area contributed by atoms with E-state index in [0.29, 0.717) is 18.2 Å². The lowest BCUT2D eigenvalue weighted by Gasteiger charge is -2.31. The SMILES string of the molecule is CCN(CC)C(CNc1ccc(S(N)(=O)=O)cc1[N+](=O)[O-])CC(C)C. The van der Waals surface area contributed by atoms with E-state index in [-0.39, 0.29) is 16.6 Å². The van der Waals surface area contributed by atoms with Crippen molar-refractivity contribution in [3.8, 4) is 0 Å². The third-order valence-electron chi connectivity index (χ3n) is 4.09. The summed E-state index contributed by atoms with van der Waals surface area (Å²) in [4.78, 5) is 12.7. The number of rotatable bonds is 10. The topological polar surface area (TPSA) is 119 Å². The Morgan fingerprint density at radius 2 is 1.88 bits per heavy atom. The van der Waals surface area contributed by atoms with E-state index < -0.39 is 14.9 Å². The number of nitrogens with two attached hydrogens (primary N) is 1. The van der Waals surface area contributed by atoms with Gasteiger partial charge in [0, 0.05) is 18.7 Å². The number of benzene rings is 1. The Morgan fingerprint density at radius 1 is 1.28 bits per heavy atom. The summed E-state index contributed by atoms with van der Waals surface area (Å²) in [5, 5.41) is 19.4. The molecule has 1 rings (SSSR count). The Hall–Kier alpha value is -1.71. The van der Waals surface area contributed by atoms with Gasteiger partial charge in [-0.25, -0.2) is 13.6 Å². The maximum atomic E-state index is 11.4. The Labute approximate surface area is 149 Å². The van der Waals surface area contributed by atoms with E-state index in [4.69, 9.17) is 5.14 Å². The molecule has 0 amide bonds. The molecule has 0 aromatic heterocycles. The molecule has 0 aliphatic rings. The fraction of sp³-hybridized carbons (Fsp3) is 0.625. The quantitative estimate of drug-likeness (QED) is 0.481. The summed E-state index contributed by atoms with van der Waals surface area (Å²) in [5.41, 5.74) is -0.00678. The fourth-order valence-corrected chi connectivity index (χ4v) is 3.40. The molecule has 142 valence electrons. The van der Waals surface area contributed by atoms with E-state index >= 15 is 0 Å². The Bertz CT molecular complexity index is 687. The largest absolute Gasteiger partial charge is 0.378 e. The zero-order valence-electron chi connectivity index (χ0n) is 15.2. The van der Waals surface area contributed by atoms with Crippen LogP contribution in [0.2, 0.25) is 0 Å². The van der Waals surface area contributed by atoms with Gasteiger partial charge in [0.05, 0.1) is 9.82 Å². The molecule has 1 aromatic rings. The number of sulfonamides is 1. The summed E-state index contributed by atoms with van der Waals surface area (Å²) < 4.78 is 22.8. The molecule has 25 heavy (non-hydrogen) atoms. The van der Waals surface area contributed by atoms with Crippen LogP contribution in [0.5, 0.6) is 0 Å². The number of hydrogen-bond acceptors (Lipinski definition) is 6. The molecule has 1 atom stereocenters. The van der Waals surface area contributed by atoms with Gasteiger partial charge in [0.1, 0.15) is 5.69 Å². The molecular formula is C16H28N4O4S. The number of nitrogens with one attached hydrogen (secondary N) is 1. The van der Waals surface area contributed by atoms with Crippen LogP contribution in [0.25, 0.3) is 0 Å². The smallest absolute Gasteiger partial charge is 0.293 e. The van der Waals surface area contributed by atoms with Gasteiger partial charge in [-0.15, -0.1) is 0 Å². The first-order valence-corrected chi connectivity index (χ1v) is 9.93. The molecule has 1 aromatic carbocycles. The van der Waals surface area contributed by atoms with E-state index in [1.165, 1.54) is 12.1 Å². The van der Waals surface area contributed by atoms with Gasteiger partial charge < -0.3 is 5.32 Å². The second-order valence-electron chi connectivity index (χ2n) is 6.37. The first-order chi connectivity index (χ1) is 11.6. The van der Waals surface area contributed by atoms with Crippen LogP contribution >= 0.6 is 0 Å². The highest BCUT2D eigenvalue weighted by Gasteiger charge is 2.21. The van der Waals surface area contributed by atoms with E-state index in [1.807, 2.05) is 0 Å². The predicted molar refractivity (Wildman–Crippen MR) is 99.1 cm³/mol. The molecule has 1 unspecified atom stereocenters. The second kappa shape index (κ2) is 9.12. The van der Waals surface area contributed by atoms with Crippen molar-refractivity contribution in [2.75, 3.05) is 25.0 Å². The molecular weight excluding hydrogens is 344 g/mol. The van der Waals surface area contributed by atoms with Crippen molar-refractivity contribution in [2.24, 2.45) is 11.1 Å². The summed E-state index contributed by atoms with van der Waals surface area (Å²) in [6.07, 6.45) is 0.956. The van der Waals surface area contributed by atoms with Gasteiger partial charge in [0.15, 0.2) is 0 Å². The highest BCUT2D eigenvalue weighted by molar-refractivity contribution is 7.89. The molecule has 0 aliphatic heterocycles. The van der Waals surface area contributed by atoms with Crippen LogP contribution in [0.1, 0.15) is 34.1 Å². The van der Waals surface area contributed by atoms with Gasteiger partial charge >= 0.3 is 0 Å². The zero-order valence-corrected chi connectivity index (χ0v) is 16.0. The Kier molecular flexibility index (Phi) is 7.78. The number of anilines is 1. The van der Waals surface area contributed by atoms with Crippen LogP contribution in [-0.4, -0.2) is 43.9 Å². The summed E-state index contributed by atoms with van der Waals surface area (Å²) in [6, 6.07) is 3.89. The molecule has 0 aliphatic carbocycles. The number of nitrogens with zero attached hydrogens (tertiary/aromatic N) is 2. The summed E-state index contributed by atoms with van der Waals surface area (Å²) in [7, 11) is -3.98. The number of hydrogen-bond donors (Lipinski definition) is 2. The first-order valence-electron chi connectivity index (χ1n) is 8.39. The van der Waals surface area contributed by atoms with Gasteiger partial charge in [-0.2, -0.15) is 0 Å². The van der Waals surface area contributed by atoms with Crippen molar-refractivity contribution in [3.05, 3.63) is 28.3 Å². The maximum absolute atomic E-state index is 11.4. The molecule has 0 radical (unpaired) electrons. The van der Waals surface area contributed by atoms with Crippen LogP contribution in [0.4, 0.5) is 11.4 Å². The van der Waals surface area contributed by atoms with E-state index in [9.17, 15) is 18.5 Å². The van der Waals surface area contributed by atoms with Crippen molar-refractivity contribution < 1.29 is 13.3 Å². The van der Waals surface area contributed by atoms with Crippen molar-refractivity contribution in [3.63, 3.8) is 0 Å². The molecule has 0 fully saturated rings. The van der Waals surface area contributed by atoms with Gasteiger partial charge in [-0.05, 0) is 37.6 Å². The monoisotopic (exact) mass is 372 g/mol. The summed E-state index contributed by atoms with van der Waals surface area (Å²) in [5.74, 6) is 0.493. The lowest BCUT2D eigenvalue weighted by atomic mass is 10.0. The number of likely N-dealkylation sites (N-methyl/N-ethyl adjacent to an activating group) is 1. The third-order valence-corrected chi connectivity index (χ3v) is 5.01. The van der Waals surface area contributed by atoms with Gasteiger partial charge in [-0.3, -0.25) is 15.0 Å². The molecule has 8 nitrogen and oxygen atoms in total. The molecule has 0 saturated carbocycles. The van der Waals surface area contributed by atoms with Crippen molar-refractivity contribution >= 4 is 21.4 Å².